The number of aromatic nitrogens is 2. The molecule has 0 aromatic carbocycles. The van der Waals surface area contributed by atoms with Gasteiger partial charge < -0.3 is 24.7 Å². The molecule has 0 saturated carbocycles. The first kappa shape index (κ1) is 24.8. The number of aromatic amines is 1. The molecule has 1 aliphatic heterocycles. The van der Waals surface area contributed by atoms with Crippen LogP contribution in [0.5, 0.6) is 0 Å². The predicted molar refractivity (Wildman–Crippen MR) is 124 cm³/mol. The van der Waals surface area contributed by atoms with Crippen molar-refractivity contribution in [2.45, 2.75) is 45.4 Å². The average Bonchev–Trinajstić information content (AvgIpc) is 3.05. The van der Waals surface area contributed by atoms with E-state index < -0.39 is 5.97 Å². The Morgan fingerprint density at radius 1 is 1.33 bits per heavy atom. The number of hydrogen-bond donors (Lipinski definition) is 2. The molecule has 11 heteroatoms. The van der Waals surface area contributed by atoms with Gasteiger partial charge in [0.05, 0.1) is 28.3 Å². The van der Waals surface area contributed by atoms with Gasteiger partial charge in [0.1, 0.15) is 17.5 Å². The quantitative estimate of drug-likeness (QED) is 0.590. The number of halogens is 2. The van der Waals surface area contributed by atoms with Crippen molar-refractivity contribution >= 4 is 40.8 Å². The molecule has 0 aliphatic carbocycles. The lowest BCUT2D eigenvalue weighted by Gasteiger charge is -2.39. The second kappa shape index (κ2) is 10.4. The molecule has 0 unspecified atom stereocenters. The molecule has 1 amide bonds. The van der Waals surface area contributed by atoms with Crippen LogP contribution >= 0.6 is 23.2 Å². The van der Waals surface area contributed by atoms with E-state index in [-0.39, 0.29) is 46.3 Å². The van der Waals surface area contributed by atoms with Crippen LogP contribution in [0.15, 0.2) is 12.1 Å². The summed E-state index contributed by atoms with van der Waals surface area (Å²) in [7, 11) is 1.56. The van der Waals surface area contributed by atoms with E-state index in [2.05, 4.69) is 15.3 Å². The number of nitriles is 1. The molecule has 9 nitrogen and oxygen atoms in total. The van der Waals surface area contributed by atoms with Crippen LogP contribution < -0.4 is 10.2 Å². The van der Waals surface area contributed by atoms with Crippen molar-refractivity contribution in [3.63, 3.8) is 0 Å². The highest BCUT2D eigenvalue weighted by Gasteiger charge is 2.32. The number of esters is 1. The Morgan fingerprint density at radius 2 is 2.06 bits per heavy atom. The smallest absolute Gasteiger partial charge is 0.357 e. The van der Waals surface area contributed by atoms with Gasteiger partial charge in [-0.15, -0.1) is 0 Å². The standard InChI is InChI=1S/C22H25Cl2N5O4/c1-11(2)33-22(31)16-8-14(7-13(9-25)27-16)29-6-5-15(17(10-29)32-4)28-21(30)20-19(24)18(23)12(3)26-20/h7-8,11,15,17,26H,5-6,10H2,1-4H3,(H,28,30)/t15-,17+/m1/s1. The first-order valence-electron chi connectivity index (χ1n) is 10.4. The maximum atomic E-state index is 12.8. The third kappa shape index (κ3) is 5.58. The number of rotatable bonds is 6. The lowest BCUT2D eigenvalue weighted by atomic mass is 10.0. The lowest BCUT2D eigenvalue weighted by molar-refractivity contribution is 0.0370. The minimum Gasteiger partial charge on any atom is -0.458 e. The first-order valence-corrected chi connectivity index (χ1v) is 11.2. The van der Waals surface area contributed by atoms with E-state index in [1.807, 2.05) is 11.0 Å². The molecular weight excluding hydrogens is 469 g/mol. The van der Waals surface area contributed by atoms with Gasteiger partial charge in [-0.3, -0.25) is 4.79 Å². The number of nitrogens with zero attached hydrogens (tertiary/aromatic N) is 3. The molecule has 1 saturated heterocycles. The predicted octanol–water partition coefficient (Wildman–Crippen LogP) is 3.49. The minimum atomic E-state index is -0.592. The number of piperidine rings is 1. The zero-order valence-corrected chi connectivity index (χ0v) is 20.3. The fourth-order valence-electron chi connectivity index (χ4n) is 3.66. The fraction of sp³-hybridized carbons (Fsp3) is 0.455. The van der Waals surface area contributed by atoms with E-state index in [0.717, 1.165) is 0 Å². The number of amides is 1. The van der Waals surface area contributed by atoms with Crippen molar-refractivity contribution in [1.29, 1.82) is 5.26 Å². The Kier molecular flexibility index (Phi) is 7.84. The molecule has 1 fully saturated rings. The summed E-state index contributed by atoms with van der Waals surface area (Å²) in [5.74, 6) is -0.963. The van der Waals surface area contributed by atoms with Crippen molar-refractivity contribution in [3.8, 4) is 6.07 Å². The van der Waals surface area contributed by atoms with Gasteiger partial charge in [-0.25, -0.2) is 9.78 Å². The van der Waals surface area contributed by atoms with Crippen LogP contribution in [0.4, 0.5) is 5.69 Å². The zero-order chi connectivity index (χ0) is 24.3. The van der Waals surface area contributed by atoms with Crippen LogP contribution in [-0.2, 0) is 9.47 Å². The lowest BCUT2D eigenvalue weighted by Crippen LogP contribution is -2.55. The molecule has 0 bridgehead atoms. The number of H-pyrrole nitrogens is 1. The van der Waals surface area contributed by atoms with Crippen LogP contribution in [0, 0.1) is 18.3 Å². The highest BCUT2D eigenvalue weighted by molar-refractivity contribution is 6.44. The maximum absolute atomic E-state index is 12.8. The molecule has 2 N–H and O–H groups in total. The summed E-state index contributed by atoms with van der Waals surface area (Å²) in [6.07, 6.45) is -0.0963. The van der Waals surface area contributed by atoms with E-state index in [9.17, 15) is 14.9 Å². The summed E-state index contributed by atoms with van der Waals surface area (Å²) < 4.78 is 10.9. The van der Waals surface area contributed by atoms with Crippen molar-refractivity contribution in [3.05, 3.63) is 45.0 Å². The topological polar surface area (TPSA) is 120 Å². The number of anilines is 1. The molecular formula is C22H25Cl2N5O4. The van der Waals surface area contributed by atoms with Gasteiger partial charge in [0.25, 0.3) is 5.91 Å². The number of pyridine rings is 1. The Labute approximate surface area is 202 Å². The van der Waals surface area contributed by atoms with Gasteiger partial charge in [-0.1, -0.05) is 23.2 Å². The summed E-state index contributed by atoms with van der Waals surface area (Å²) in [5.41, 5.74) is 1.65. The number of methoxy groups -OCH3 is 1. The molecule has 0 spiro atoms. The molecule has 176 valence electrons. The third-order valence-corrected chi connectivity index (χ3v) is 6.25. The second-order valence-corrected chi connectivity index (χ2v) is 8.76. The fourth-order valence-corrected chi connectivity index (χ4v) is 4.08. The Bertz CT molecular complexity index is 1100. The summed E-state index contributed by atoms with van der Waals surface area (Å²) in [6.45, 7) is 6.19. The number of ether oxygens (including phenoxy) is 2. The Balaban J connectivity index is 1.76. The molecule has 2 aromatic rings. The van der Waals surface area contributed by atoms with Crippen molar-refractivity contribution in [1.82, 2.24) is 15.3 Å². The van der Waals surface area contributed by atoms with Crippen molar-refractivity contribution < 1.29 is 19.1 Å². The van der Waals surface area contributed by atoms with E-state index in [0.29, 0.717) is 35.9 Å². The van der Waals surface area contributed by atoms with Gasteiger partial charge in [-0.2, -0.15) is 5.26 Å². The molecule has 0 radical (unpaired) electrons. The normalized spacial score (nSPS) is 18.2. The number of nitrogens with one attached hydrogen (secondary N) is 2. The van der Waals surface area contributed by atoms with E-state index >= 15 is 0 Å². The number of aryl methyl sites for hydroxylation is 1. The van der Waals surface area contributed by atoms with E-state index in [4.69, 9.17) is 32.7 Å². The highest BCUT2D eigenvalue weighted by atomic mass is 35.5. The Morgan fingerprint density at radius 3 is 2.64 bits per heavy atom. The molecule has 33 heavy (non-hydrogen) atoms. The summed E-state index contributed by atoms with van der Waals surface area (Å²) in [6, 6.07) is 4.92. The SMILES string of the molecule is CO[C@H]1CN(c2cc(C#N)nc(C(=O)OC(C)C)c2)CC[C@H]1NC(=O)c1[nH]c(C)c(Cl)c1Cl. The summed E-state index contributed by atoms with van der Waals surface area (Å²) in [5, 5.41) is 12.8. The number of carbonyl (C=O) groups is 2. The highest BCUT2D eigenvalue weighted by Crippen LogP contribution is 2.29. The summed E-state index contributed by atoms with van der Waals surface area (Å²) >= 11 is 12.2. The van der Waals surface area contributed by atoms with Crippen LogP contribution in [0.3, 0.4) is 0 Å². The Hall–Kier alpha value is -2.80. The third-order valence-electron chi connectivity index (χ3n) is 5.30. The first-order chi connectivity index (χ1) is 15.6. The van der Waals surface area contributed by atoms with Crippen LogP contribution in [-0.4, -0.2) is 60.3 Å². The molecule has 2 aromatic heterocycles. The molecule has 3 rings (SSSR count). The molecule has 2 atom stereocenters. The van der Waals surface area contributed by atoms with Gasteiger partial charge in [-0.05, 0) is 39.3 Å². The van der Waals surface area contributed by atoms with Gasteiger partial charge in [0.2, 0.25) is 0 Å². The zero-order valence-electron chi connectivity index (χ0n) is 18.7. The number of carbonyl (C=O) groups excluding carboxylic acids is 2. The summed E-state index contributed by atoms with van der Waals surface area (Å²) in [4.78, 5) is 34.0. The number of hydrogen-bond acceptors (Lipinski definition) is 7. The largest absolute Gasteiger partial charge is 0.458 e. The average molecular weight is 494 g/mol. The minimum absolute atomic E-state index is 0.0655. The van der Waals surface area contributed by atoms with E-state index in [1.165, 1.54) is 0 Å². The van der Waals surface area contributed by atoms with Crippen LogP contribution in [0.1, 0.15) is 52.6 Å². The van der Waals surface area contributed by atoms with Crippen LogP contribution in [0.25, 0.3) is 0 Å². The maximum Gasteiger partial charge on any atom is 0.357 e. The van der Waals surface area contributed by atoms with Gasteiger partial charge in [0, 0.05) is 31.6 Å². The molecule has 1 aliphatic rings. The van der Waals surface area contributed by atoms with Gasteiger partial charge in [0.15, 0.2) is 5.69 Å². The monoisotopic (exact) mass is 493 g/mol. The van der Waals surface area contributed by atoms with Crippen molar-refractivity contribution in [2.24, 2.45) is 0 Å². The van der Waals surface area contributed by atoms with E-state index in [1.54, 1.807) is 40.0 Å². The van der Waals surface area contributed by atoms with Gasteiger partial charge >= 0.3 is 5.97 Å². The molecule has 3 heterocycles. The van der Waals surface area contributed by atoms with Crippen molar-refractivity contribution in [2.75, 3.05) is 25.1 Å². The second-order valence-electron chi connectivity index (χ2n) is 8.00. The van der Waals surface area contributed by atoms with Crippen LogP contribution in [0.2, 0.25) is 10.0 Å².